The van der Waals surface area contributed by atoms with Crippen LogP contribution in [-0.2, 0) is 14.3 Å². The number of piperidine rings is 1. The molecule has 2 aliphatic carbocycles. The second-order valence-electron chi connectivity index (χ2n) is 11.5. The summed E-state index contributed by atoms with van der Waals surface area (Å²) in [6.45, 7) is 9.97. The number of allylic oxidation sites excluding steroid dienone is 1. The number of cyclic esters (lactones) is 1. The molecule has 8 atom stereocenters. The number of esters is 1. The molecule has 2 saturated heterocycles. The van der Waals surface area contributed by atoms with Crippen LogP contribution in [0, 0.1) is 29.6 Å². The van der Waals surface area contributed by atoms with Crippen LogP contribution in [0.3, 0.4) is 0 Å². The van der Waals surface area contributed by atoms with E-state index in [1.807, 2.05) is 25.7 Å². The quantitative estimate of drug-likeness (QED) is 0.414. The highest BCUT2D eigenvalue weighted by Gasteiger charge is 2.53. The average molecular weight is 432 g/mol. The van der Waals surface area contributed by atoms with Gasteiger partial charge in [0.15, 0.2) is 0 Å². The second kappa shape index (κ2) is 8.78. The Labute approximate surface area is 187 Å². The largest absolute Gasteiger partial charge is 0.462 e. The minimum atomic E-state index is -0.495. The summed E-state index contributed by atoms with van der Waals surface area (Å²) in [5.74, 6) is 1.98. The summed E-state index contributed by atoms with van der Waals surface area (Å²) in [5.41, 5.74) is -0.495. The Kier molecular flexibility index (Phi) is 6.42. The first-order valence-corrected chi connectivity index (χ1v) is 12.6. The number of amides is 1. The Morgan fingerprint density at radius 3 is 2.55 bits per heavy atom. The normalized spacial score (nSPS) is 40.9. The smallest absolute Gasteiger partial charge is 0.411 e. The molecule has 0 aromatic carbocycles. The van der Waals surface area contributed by atoms with Crippen molar-refractivity contribution >= 4 is 12.1 Å². The zero-order valence-corrected chi connectivity index (χ0v) is 20.0. The summed E-state index contributed by atoms with van der Waals surface area (Å²) in [7, 11) is 0. The van der Waals surface area contributed by atoms with Crippen LogP contribution in [0.15, 0.2) is 12.2 Å². The zero-order valence-electron chi connectivity index (χ0n) is 20.0. The van der Waals surface area contributed by atoms with E-state index in [0.717, 1.165) is 25.7 Å². The van der Waals surface area contributed by atoms with Gasteiger partial charge in [-0.2, -0.15) is 0 Å². The lowest BCUT2D eigenvalue weighted by Gasteiger charge is -2.46. The maximum absolute atomic E-state index is 13.0. The van der Waals surface area contributed by atoms with Crippen LogP contribution >= 0.6 is 0 Å². The number of likely N-dealkylation sites (tertiary alicyclic amines) is 1. The molecule has 31 heavy (non-hydrogen) atoms. The van der Waals surface area contributed by atoms with Crippen molar-refractivity contribution in [3.63, 3.8) is 0 Å². The van der Waals surface area contributed by atoms with Crippen LogP contribution in [-0.4, -0.2) is 40.8 Å². The topological polar surface area (TPSA) is 55.8 Å². The van der Waals surface area contributed by atoms with E-state index in [2.05, 4.69) is 26.0 Å². The van der Waals surface area contributed by atoms with Gasteiger partial charge in [0.2, 0.25) is 0 Å². The van der Waals surface area contributed by atoms with Gasteiger partial charge in [0.05, 0.1) is 12.0 Å². The molecule has 4 rings (SSSR count). The summed E-state index contributed by atoms with van der Waals surface area (Å²) in [6, 6.07) is 0.240. The van der Waals surface area contributed by atoms with E-state index in [1.165, 1.54) is 25.7 Å². The number of carbonyl (C=O) groups is 2. The predicted molar refractivity (Wildman–Crippen MR) is 120 cm³/mol. The highest BCUT2D eigenvalue weighted by Crippen LogP contribution is 2.53. The molecule has 0 unspecified atom stereocenters. The molecule has 4 fully saturated rings. The molecule has 0 aromatic heterocycles. The summed E-state index contributed by atoms with van der Waals surface area (Å²) in [6.07, 6.45) is 13.6. The summed E-state index contributed by atoms with van der Waals surface area (Å²) in [5, 5.41) is 0. The fourth-order valence-electron chi connectivity index (χ4n) is 6.89. The van der Waals surface area contributed by atoms with E-state index in [9.17, 15) is 9.59 Å². The molecular weight excluding hydrogens is 390 g/mol. The molecule has 5 nitrogen and oxygen atoms in total. The van der Waals surface area contributed by atoms with Gasteiger partial charge in [-0.1, -0.05) is 31.4 Å². The number of hydrogen-bond donors (Lipinski definition) is 0. The first-order valence-electron chi connectivity index (χ1n) is 12.6. The zero-order chi connectivity index (χ0) is 22.3. The number of fused-ring (bicyclic) bond motifs is 2. The van der Waals surface area contributed by atoms with Gasteiger partial charge in [-0.25, -0.2) is 4.79 Å². The van der Waals surface area contributed by atoms with Crippen LogP contribution in [0.5, 0.6) is 0 Å². The Hall–Kier alpha value is -1.52. The fraction of sp³-hybridized carbons (Fsp3) is 0.846. The molecule has 174 valence electrons. The van der Waals surface area contributed by atoms with E-state index < -0.39 is 5.60 Å². The molecule has 0 radical (unpaired) electrons. The minimum absolute atomic E-state index is 0.0118. The Morgan fingerprint density at radius 2 is 1.81 bits per heavy atom. The molecule has 0 N–H and O–H groups in total. The molecule has 2 saturated carbocycles. The van der Waals surface area contributed by atoms with Gasteiger partial charge >= 0.3 is 12.1 Å². The molecule has 0 aromatic rings. The maximum Gasteiger partial charge on any atom is 0.411 e. The standard InChI is InChI=1S/C26H41NO4/c1-16-9-8-11-19(27(16)25(29)31-26(3,4)5)13-14-21-20-12-7-6-10-18(20)15-22-23(21)17(2)30-24(22)28/h13-14,16-23H,6-12,15H2,1-5H3/b14-13+/t16-,17+,18-,19+,20+,21-,22+,23-/m1/s1. The van der Waals surface area contributed by atoms with Crippen molar-refractivity contribution in [1.82, 2.24) is 4.90 Å². The van der Waals surface area contributed by atoms with Crippen LogP contribution < -0.4 is 0 Å². The van der Waals surface area contributed by atoms with Gasteiger partial charge in [0.25, 0.3) is 0 Å². The van der Waals surface area contributed by atoms with E-state index in [4.69, 9.17) is 9.47 Å². The number of nitrogens with zero attached hydrogens (tertiary/aromatic N) is 1. The Morgan fingerprint density at radius 1 is 1.06 bits per heavy atom. The van der Waals surface area contributed by atoms with Gasteiger partial charge in [-0.15, -0.1) is 0 Å². The lowest BCUT2D eigenvalue weighted by molar-refractivity contribution is -0.144. The van der Waals surface area contributed by atoms with E-state index in [-0.39, 0.29) is 42.1 Å². The van der Waals surface area contributed by atoms with E-state index in [1.54, 1.807) is 0 Å². The van der Waals surface area contributed by atoms with Crippen LogP contribution in [0.1, 0.15) is 86.0 Å². The maximum atomic E-state index is 13.0. The Bertz CT molecular complexity index is 711. The average Bonchev–Trinajstić information content (AvgIpc) is 2.97. The van der Waals surface area contributed by atoms with Crippen molar-refractivity contribution in [3.05, 3.63) is 12.2 Å². The van der Waals surface area contributed by atoms with E-state index >= 15 is 0 Å². The number of hydrogen-bond acceptors (Lipinski definition) is 4. The highest BCUT2D eigenvalue weighted by molar-refractivity contribution is 5.75. The second-order valence-corrected chi connectivity index (χ2v) is 11.5. The van der Waals surface area contributed by atoms with Crippen molar-refractivity contribution < 1.29 is 19.1 Å². The molecule has 4 aliphatic rings. The van der Waals surface area contributed by atoms with Gasteiger partial charge in [0.1, 0.15) is 11.7 Å². The van der Waals surface area contributed by atoms with Gasteiger partial charge in [0, 0.05) is 12.0 Å². The van der Waals surface area contributed by atoms with Crippen LogP contribution in [0.2, 0.25) is 0 Å². The summed E-state index contributed by atoms with van der Waals surface area (Å²) < 4.78 is 11.5. The summed E-state index contributed by atoms with van der Waals surface area (Å²) in [4.78, 5) is 27.5. The first kappa shape index (κ1) is 22.7. The Balaban J connectivity index is 1.57. The number of rotatable bonds is 2. The van der Waals surface area contributed by atoms with Crippen molar-refractivity contribution in [1.29, 1.82) is 0 Å². The lowest BCUT2D eigenvalue weighted by Crippen LogP contribution is -2.50. The van der Waals surface area contributed by atoms with Crippen LogP contribution in [0.4, 0.5) is 4.79 Å². The van der Waals surface area contributed by atoms with Gasteiger partial charge < -0.3 is 9.47 Å². The highest BCUT2D eigenvalue weighted by atomic mass is 16.6. The lowest BCUT2D eigenvalue weighted by atomic mass is 9.57. The van der Waals surface area contributed by atoms with E-state index in [0.29, 0.717) is 17.8 Å². The minimum Gasteiger partial charge on any atom is -0.462 e. The predicted octanol–water partition coefficient (Wildman–Crippen LogP) is 5.72. The van der Waals surface area contributed by atoms with Crippen molar-refractivity contribution in [2.75, 3.05) is 0 Å². The molecule has 0 spiro atoms. The number of carbonyl (C=O) groups excluding carboxylic acids is 2. The van der Waals surface area contributed by atoms with Gasteiger partial charge in [-0.05, 0) is 84.5 Å². The van der Waals surface area contributed by atoms with Gasteiger partial charge in [-0.3, -0.25) is 9.69 Å². The molecular formula is C26H41NO4. The number of ether oxygens (including phenoxy) is 2. The molecule has 1 amide bonds. The molecule has 2 heterocycles. The molecule has 2 aliphatic heterocycles. The molecule has 0 bridgehead atoms. The summed E-state index contributed by atoms with van der Waals surface area (Å²) >= 11 is 0. The van der Waals surface area contributed by atoms with Crippen molar-refractivity contribution in [2.45, 2.75) is 110 Å². The van der Waals surface area contributed by atoms with Crippen molar-refractivity contribution in [2.24, 2.45) is 29.6 Å². The third-order valence-electron chi connectivity index (χ3n) is 8.19. The fourth-order valence-corrected chi connectivity index (χ4v) is 6.89. The third-order valence-corrected chi connectivity index (χ3v) is 8.19. The monoisotopic (exact) mass is 431 g/mol. The molecule has 5 heteroatoms. The third kappa shape index (κ3) is 4.66. The van der Waals surface area contributed by atoms with Crippen LogP contribution in [0.25, 0.3) is 0 Å². The SMILES string of the molecule is C[C@@H]1OC(=O)[C@H]2C[C@H]3CCCC[C@@H]3[C@@H](/C=C/[C@@H]3CCC[C@@H](C)N3C(=O)OC(C)(C)C)[C@@H]12. The van der Waals surface area contributed by atoms with Crippen molar-refractivity contribution in [3.8, 4) is 0 Å². The first-order chi connectivity index (χ1) is 14.7.